The second-order valence-corrected chi connectivity index (χ2v) is 9.41. The van der Waals surface area contributed by atoms with Crippen molar-refractivity contribution in [3.8, 4) is 5.75 Å². The van der Waals surface area contributed by atoms with E-state index in [1.54, 1.807) is 72.8 Å². The number of carbonyl (C=O) groups excluding carboxylic acids is 2. The first-order valence-corrected chi connectivity index (χ1v) is 13.3. The summed E-state index contributed by atoms with van der Waals surface area (Å²) < 4.78 is 74.1. The van der Waals surface area contributed by atoms with Crippen molar-refractivity contribution in [2.24, 2.45) is 11.5 Å². The zero-order valence-electron chi connectivity index (χ0n) is 25.2. The molecule has 0 saturated heterocycles. The molecular weight excluding hydrogens is 672 g/mol. The van der Waals surface area contributed by atoms with Gasteiger partial charge in [-0.25, -0.2) is 14.4 Å². The molecule has 19 heteroatoms. The Morgan fingerprint density at radius 2 is 1.20 bits per heavy atom. The van der Waals surface area contributed by atoms with Crippen molar-refractivity contribution < 1.29 is 65.2 Å². The minimum Gasteiger partial charge on any atom is -0.491 e. The third-order valence-electron chi connectivity index (χ3n) is 5.73. The largest absolute Gasteiger partial charge is 0.491 e. The molecule has 0 bridgehead atoms. The van der Waals surface area contributed by atoms with Crippen LogP contribution in [0.1, 0.15) is 37.4 Å². The zero-order chi connectivity index (χ0) is 37.5. The number of amides is 1. The number of benzene rings is 3. The summed E-state index contributed by atoms with van der Waals surface area (Å²) in [6, 6.07) is 19.8. The summed E-state index contributed by atoms with van der Waals surface area (Å²) in [6.45, 7) is 0.150. The van der Waals surface area contributed by atoms with Crippen LogP contribution in [0, 0.1) is 10.8 Å². The molecule has 0 unspecified atom stereocenters. The van der Waals surface area contributed by atoms with Crippen LogP contribution in [0.4, 0.5) is 26.3 Å². The highest BCUT2D eigenvalue weighted by Crippen LogP contribution is 2.16. The van der Waals surface area contributed by atoms with Crippen molar-refractivity contribution in [2.75, 3.05) is 13.7 Å². The predicted octanol–water partition coefficient (Wildman–Crippen LogP) is 3.73. The van der Waals surface area contributed by atoms with Crippen LogP contribution >= 0.6 is 0 Å². The molecule has 1 atom stereocenters. The number of carbonyl (C=O) groups is 4. The summed E-state index contributed by atoms with van der Waals surface area (Å²) in [5, 5.41) is 32.3. The lowest BCUT2D eigenvalue weighted by molar-refractivity contribution is -0.193. The molecule has 3 aromatic carbocycles. The van der Waals surface area contributed by atoms with Gasteiger partial charge in [0.2, 0.25) is 0 Å². The summed E-state index contributed by atoms with van der Waals surface area (Å²) >= 11 is 0. The van der Waals surface area contributed by atoms with E-state index < -0.39 is 36.3 Å². The van der Waals surface area contributed by atoms with Gasteiger partial charge < -0.3 is 36.5 Å². The number of hydrogen-bond acceptors (Lipinski definition) is 8. The molecule has 0 radical (unpaired) electrons. The molecule has 49 heavy (non-hydrogen) atoms. The zero-order valence-corrected chi connectivity index (χ0v) is 25.2. The van der Waals surface area contributed by atoms with E-state index in [1.165, 1.54) is 7.11 Å². The number of methoxy groups -OCH3 is 1. The minimum atomic E-state index is -5.08. The summed E-state index contributed by atoms with van der Waals surface area (Å²) in [6.07, 6.45) is -9.73. The third-order valence-corrected chi connectivity index (χ3v) is 5.73. The van der Waals surface area contributed by atoms with Crippen LogP contribution in [0.3, 0.4) is 0 Å². The SMILES string of the molecule is COC(=O)c1ccc(C[C@H](COc2cccc(C(=N)N)c2)NC(=O)c2ccc(C(=N)N)cc2)cc1.O=C(O)C(F)(F)F.O=C(O)C(F)(F)F. The van der Waals surface area contributed by atoms with Gasteiger partial charge in [0.25, 0.3) is 5.91 Å². The molecule has 0 aromatic heterocycles. The first-order valence-electron chi connectivity index (χ1n) is 13.3. The lowest BCUT2D eigenvalue weighted by atomic mass is 10.0. The molecule has 0 aliphatic carbocycles. The number of esters is 1. The van der Waals surface area contributed by atoms with Gasteiger partial charge in [0.05, 0.1) is 18.7 Å². The van der Waals surface area contributed by atoms with E-state index in [1.807, 2.05) is 0 Å². The van der Waals surface area contributed by atoms with Gasteiger partial charge in [-0.05, 0) is 48.4 Å². The number of aliphatic carboxylic acids is 2. The van der Waals surface area contributed by atoms with Crippen LogP contribution in [0.15, 0.2) is 72.8 Å². The second-order valence-electron chi connectivity index (χ2n) is 9.41. The number of carboxylic acid groups (broad SMARTS) is 2. The average Bonchev–Trinajstić information content (AvgIpc) is 3.03. The van der Waals surface area contributed by atoms with Crippen molar-refractivity contribution in [2.45, 2.75) is 24.8 Å². The Morgan fingerprint density at radius 3 is 1.63 bits per heavy atom. The predicted molar refractivity (Wildman–Crippen MR) is 161 cm³/mol. The van der Waals surface area contributed by atoms with E-state index in [4.69, 9.17) is 51.6 Å². The normalized spacial score (nSPS) is 11.2. The van der Waals surface area contributed by atoms with Gasteiger partial charge in [0.1, 0.15) is 24.0 Å². The maximum atomic E-state index is 12.9. The standard InChI is InChI=1S/C26H27N5O4.2C2HF3O2/c1-34-26(33)19-7-5-16(6-8-19)13-21(15-35-22-4-2-3-20(14-22)24(29)30)31-25(32)18-11-9-17(10-12-18)23(27)28;2*3-2(4,5)1(6)7/h2-12,14,21H,13,15H2,1H3,(H3,27,28)(H3,29,30)(H,31,32);2*(H,6,7)/t21-;;/m1../s1. The number of nitrogens with one attached hydrogen (secondary N) is 3. The molecule has 3 rings (SSSR count). The number of carboxylic acids is 2. The summed E-state index contributed by atoms with van der Waals surface area (Å²) in [4.78, 5) is 42.4. The summed E-state index contributed by atoms with van der Waals surface area (Å²) in [7, 11) is 1.32. The van der Waals surface area contributed by atoms with Gasteiger partial charge >= 0.3 is 30.3 Å². The fraction of sp³-hybridized carbons (Fsp3) is 0.200. The van der Waals surface area contributed by atoms with Gasteiger partial charge in [-0.2, -0.15) is 26.3 Å². The molecule has 9 N–H and O–H groups in total. The van der Waals surface area contributed by atoms with Crippen molar-refractivity contribution in [1.29, 1.82) is 10.8 Å². The quantitative estimate of drug-likeness (QED) is 0.0700. The number of nitrogen functional groups attached to an aromatic ring is 2. The molecule has 0 fully saturated rings. The Balaban J connectivity index is 0.000000717. The lowest BCUT2D eigenvalue weighted by Gasteiger charge is -2.20. The van der Waals surface area contributed by atoms with E-state index >= 15 is 0 Å². The maximum absolute atomic E-state index is 12.9. The maximum Gasteiger partial charge on any atom is 0.490 e. The Labute approximate surface area is 273 Å². The van der Waals surface area contributed by atoms with Gasteiger partial charge in [-0.1, -0.05) is 36.4 Å². The van der Waals surface area contributed by atoms with Crippen LogP contribution in [-0.4, -0.2) is 77.8 Å². The van der Waals surface area contributed by atoms with Gasteiger partial charge in [-0.3, -0.25) is 15.6 Å². The molecule has 3 aromatic rings. The van der Waals surface area contributed by atoms with Gasteiger partial charge in [0, 0.05) is 16.7 Å². The highest BCUT2D eigenvalue weighted by molar-refractivity contribution is 5.98. The smallest absolute Gasteiger partial charge is 0.490 e. The number of hydrogen-bond donors (Lipinski definition) is 7. The third kappa shape index (κ3) is 14.9. The van der Waals surface area contributed by atoms with Crippen LogP contribution in [0.2, 0.25) is 0 Å². The monoisotopic (exact) mass is 701 g/mol. The van der Waals surface area contributed by atoms with E-state index in [2.05, 4.69) is 5.32 Å². The van der Waals surface area contributed by atoms with E-state index in [-0.39, 0.29) is 24.2 Å². The molecule has 0 spiro atoms. The van der Waals surface area contributed by atoms with Crippen LogP contribution < -0.4 is 21.5 Å². The van der Waals surface area contributed by atoms with Crippen molar-refractivity contribution >= 4 is 35.5 Å². The fourth-order valence-electron chi connectivity index (χ4n) is 3.35. The van der Waals surface area contributed by atoms with E-state index in [0.29, 0.717) is 34.4 Å². The van der Waals surface area contributed by atoms with E-state index in [9.17, 15) is 35.9 Å². The number of amidine groups is 2. The number of halogens is 6. The van der Waals surface area contributed by atoms with Crippen molar-refractivity contribution in [3.63, 3.8) is 0 Å². The highest BCUT2D eigenvalue weighted by atomic mass is 19.4. The topological polar surface area (TPSA) is 239 Å². The molecule has 13 nitrogen and oxygen atoms in total. The Hall–Kier alpha value is -6.14. The van der Waals surface area contributed by atoms with Crippen LogP contribution in [0.5, 0.6) is 5.75 Å². The first kappa shape index (κ1) is 40.9. The van der Waals surface area contributed by atoms with Crippen LogP contribution in [0.25, 0.3) is 0 Å². The number of ether oxygens (including phenoxy) is 2. The number of rotatable bonds is 10. The lowest BCUT2D eigenvalue weighted by Crippen LogP contribution is -2.40. The number of alkyl halides is 6. The van der Waals surface area contributed by atoms with Crippen molar-refractivity contribution in [1.82, 2.24) is 5.32 Å². The van der Waals surface area contributed by atoms with Crippen molar-refractivity contribution in [3.05, 3.63) is 101 Å². The van der Waals surface area contributed by atoms with Gasteiger partial charge in [-0.15, -0.1) is 0 Å². The summed E-state index contributed by atoms with van der Waals surface area (Å²) in [5.41, 5.74) is 13.8. The van der Waals surface area contributed by atoms with Gasteiger partial charge in [0.15, 0.2) is 0 Å². The molecule has 0 heterocycles. The fourth-order valence-corrected chi connectivity index (χ4v) is 3.35. The number of nitrogens with two attached hydrogens (primary N) is 2. The molecular formula is C30H29F6N5O8. The second kappa shape index (κ2) is 18.3. The Morgan fingerprint density at radius 1 is 0.755 bits per heavy atom. The summed E-state index contributed by atoms with van der Waals surface area (Å²) in [5.74, 6) is -5.88. The molecule has 0 saturated carbocycles. The average molecular weight is 702 g/mol. The Kier molecular flexibility index (Phi) is 15.2. The highest BCUT2D eigenvalue weighted by Gasteiger charge is 2.38. The molecule has 0 aliphatic rings. The molecule has 0 aliphatic heterocycles. The van der Waals surface area contributed by atoms with Crippen LogP contribution in [-0.2, 0) is 20.7 Å². The first-order chi connectivity index (χ1) is 22.6. The Bertz CT molecular complexity index is 1610. The van der Waals surface area contributed by atoms with E-state index in [0.717, 1.165) is 5.56 Å². The minimum absolute atomic E-state index is 0.0694. The molecule has 264 valence electrons. The molecule has 1 amide bonds.